The van der Waals surface area contributed by atoms with Gasteiger partial charge in [0, 0.05) is 49.6 Å². The molecule has 7 nitrogen and oxygen atoms in total. The molecule has 1 aliphatic heterocycles. The molecule has 2 amide bonds. The summed E-state index contributed by atoms with van der Waals surface area (Å²) < 4.78 is 1.07. The summed E-state index contributed by atoms with van der Waals surface area (Å²) in [7, 11) is 2.11. The number of fused-ring (bicyclic) bond motifs is 2. The van der Waals surface area contributed by atoms with Crippen LogP contribution in [0.25, 0.3) is 21.3 Å². The predicted octanol–water partition coefficient (Wildman–Crippen LogP) is 4.55. The highest BCUT2D eigenvalue weighted by molar-refractivity contribution is 7.22. The van der Waals surface area contributed by atoms with Crippen LogP contribution in [0.4, 0.5) is 15.6 Å². The van der Waals surface area contributed by atoms with Gasteiger partial charge < -0.3 is 14.8 Å². The van der Waals surface area contributed by atoms with Gasteiger partial charge in [0.15, 0.2) is 5.13 Å². The fourth-order valence-electron chi connectivity index (χ4n) is 4.27. The van der Waals surface area contributed by atoms with Gasteiger partial charge in [-0.3, -0.25) is 5.32 Å². The molecular weight excluding hydrogens is 396 g/mol. The number of likely N-dealkylation sites (tertiary alicyclic amines) is 1. The van der Waals surface area contributed by atoms with Crippen LogP contribution in [0.2, 0.25) is 0 Å². The van der Waals surface area contributed by atoms with Crippen LogP contribution in [0.5, 0.6) is 0 Å². The highest BCUT2D eigenvalue weighted by Crippen LogP contribution is 2.31. The van der Waals surface area contributed by atoms with Crippen LogP contribution in [0.1, 0.15) is 13.3 Å². The molecule has 0 spiro atoms. The monoisotopic (exact) mass is 420 g/mol. The van der Waals surface area contributed by atoms with Crippen LogP contribution in [0.15, 0.2) is 48.8 Å². The third-order valence-electron chi connectivity index (χ3n) is 6.03. The number of piperidine rings is 1. The van der Waals surface area contributed by atoms with Crippen LogP contribution in [0.3, 0.4) is 0 Å². The number of para-hydroxylation sites is 1. The van der Waals surface area contributed by atoms with E-state index in [0.717, 1.165) is 39.9 Å². The van der Waals surface area contributed by atoms with Gasteiger partial charge in [0.25, 0.3) is 0 Å². The quantitative estimate of drug-likeness (QED) is 0.510. The lowest BCUT2D eigenvalue weighted by Crippen LogP contribution is -2.53. The van der Waals surface area contributed by atoms with Crippen molar-refractivity contribution in [3.05, 3.63) is 48.8 Å². The number of hydrogen-bond donors (Lipinski definition) is 2. The van der Waals surface area contributed by atoms with Crippen molar-refractivity contribution in [2.45, 2.75) is 19.4 Å². The average molecular weight is 421 g/mol. The summed E-state index contributed by atoms with van der Waals surface area (Å²) in [6.07, 6.45) is 4.70. The number of carbonyl (C=O) groups excluding carboxylic acids is 1. The van der Waals surface area contributed by atoms with Crippen molar-refractivity contribution in [3.8, 4) is 0 Å². The van der Waals surface area contributed by atoms with E-state index in [-0.39, 0.29) is 12.1 Å². The lowest BCUT2D eigenvalue weighted by atomic mass is 9.92. The summed E-state index contributed by atoms with van der Waals surface area (Å²) in [5.74, 6) is 0.476. The largest absolute Gasteiger partial charge is 0.369 e. The molecule has 3 aromatic heterocycles. The number of amides is 2. The van der Waals surface area contributed by atoms with Crippen molar-refractivity contribution in [2.24, 2.45) is 5.92 Å². The number of urea groups is 1. The van der Waals surface area contributed by atoms with Crippen molar-refractivity contribution in [2.75, 3.05) is 30.4 Å². The Labute approximate surface area is 178 Å². The Balaban J connectivity index is 1.33. The molecule has 154 valence electrons. The van der Waals surface area contributed by atoms with Crippen molar-refractivity contribution in [1.29, 1.82) is 0 Å². The molecule has 5 rings (SSSR count). The molecule has 1 aromatic carbocycles. The van der Waals surface area contributed by atoms with Crippen LogP contribution in [-0.2, 0) is 0 Å². The number of thiazole rings is 1. The minimum Gasteiger partial charge on any atom is -0.369 e. The molecule has 4 aromatic rings. The summed E-state index contributed by atoms with van der Waals surface area (Å²) in [5, 5.41) is 4.75. The van der Waals surface area contributed by atoms with Gasteiger partial charge in [-0.15, -0.1) is 0 Å². The lowest BCUT2D eigenvalue weighted by Gasteiger charge is -2.42. The van der Waals surface area contributed by atoms with E-state index < -0.39 is 0 Å². The second kappa shape index (κ2) is 7.60. The van der Waals surface area contributed by atoms with Crippen molar-refractivity contribution >= 4 is 49.4 Å². The molecule has 0 aliphatic carbocycles. The van der Waals surface area contributed by atoms with Gasteiger partial charge >= 0.3 is 6.03 Å². The summed E-state index contributed by atoms with van der Waals surface area (Å²) >= 11 is 1.51. The zero-order chi connectivity index (χ0) is 20.7. The van der Waals surface area contributed by atoms with E-state index in [1.165, 1.54) is 11.3 Å². The highest BCUT2D eigenvalue weighted by Gasteiger charge is 2.32. The average Bonchev–Trinajstić information content (AvgIpc) is 3.39. The minimum absolute atomic E-state index is 0.0825. The summed E-state index contributed by atoms with van der Waals surface area (Å²) in [6.45, 7) is 3.68. The number of likely N-dealkylation sites (N-methyl/N-ethyl adjacent to an activating group) is 1. The maximum absolute atomic E-state index is 13.0. The maximum Gasteiger partial charge on any atom is 0.323 e. The van der Waals surface area contributed by atoms with E-state index in [4.69, 9.17) is 0 Å². The van der Waals surface area contributed by atoms with E-state index in [9.17, 15) is 4.79 Å². The molecule has 30 heavy (non-hydrogen) atoms. The molecule has 4 heterocycles. The number of carbonyl (C=O) groups is 1. The molecule has 1 aliphatic rings. The van der Waals surface area contributed by atoms with Crippen molar-refractivity contribution in [1.82, 2.24) is 19.9 Å². The smallest absolute Gasteiger partial charge is 0.323 e. The molecule has 2 unspecified atom stereocenters. The SMILES string of the molecule is CC1CCN(C(=O)Nc2nc3ccccc3s2)CC1N(C)c1ccnc2[nH]ccc12. The summed E-state index contributed by atoms with van der Waals surface area (Å²) in [4.78, 5) is 29.3. The Morgan fingerprint density at radius 1 is 1.30 bits per heavy atom. The highest BCUT2D eigenvalue weighted by atomic mass is 32.1. The number of benzene rings is 1. The van der Waals surface area contributed by atoms with Crippen molar-refractivity contribution < 1.29 is 4.79 Å². The number of nitrogens with zero attached hydrogens (tertiary/aromatic N) is 4. The van der Waals surface area contributed by atoms with Crippen LogP contribution in [0, 0.1) is 5.92 Å². The zero-order valence-electron chi connectivity index (χ0n) is 17.0. The second-order valence-electron chi connectivity index (χ2n) is 7.88. The zero-order valence-corrected chi connectivity index (χ0v) is 17.8. The number of rotatable bonds is 3. The molecular formula is C22H24N6OS. The summed E-state index contributed by atoms with van der Waals surface area (Å²) in [5.41, 5.74) is 2.93. The van der Waals surface area contributed by atoms with Gasteiger partial charge in [0.2, 0.25) is 0 Å². The fraction of sp³-hybridized carbons (Fsp3) is 0.318. The molecule has 0 bridgehead atoms. The number of aromatic amines is 1. The van der Waals surface area contributed by atoms with Gasteiger partial charge in [-0.1, -0.05) is 30.4 Å². The third-order valence-corrected chi connectivity index (χ3v) is 6.98. The number of pyridine rings is 1. The number of nitrogens with one attached hydrogen (secondary N) is 2. The standard InChI is InChI=1S/C22H24N6OS/c1-14-9-12-28(22(29)26-21-25-16-5-3-4-6-19(16)30-21)13-18(14)27(2)17-8-11-24-20-15(17)7-10-23-20/h3-8,10-11,14,18H,9,12-13H2,1-2H3,(H,23,24)(H,25,26,29). The minimum atomic E-state index is -0.0825. The normalized spacial score (nSPS) is 19.3. The number of aromatic nitrogens is 3. The molecule has 2 atom stereocenters. The predicted molar refractivity (Wildman–Crippen MR) is 122 cm³/mol. The van der Waals surface area contributed by atoms with E-state index in [2.05, 4.69) is 45.2 Å². The first-order valence-corrected chi connectivity index (χ1v) is 11.0. The number of hydrogen-bond acceptors (Lipinski definition) is 5. The van der Waals surface area contributed by atoms with Crippen LogP contribution < -0.4 is 10.2 Å². The summed E-state index contributed by atoms with van der Waals surface area (Å²) in [6, 6.07) is 12.2. The van der Waals surface area contributed by atoms with E-state index in [0.29, 0.717) is 17.6 Å². The van der Waals surface area contributed by atoms with Gasteiger partial charge in [-0.2, -0.15) is 0 Å². The van der Waals surface area contributed by atoms with Gasteiger partial charge in [0.05, 0.1) is 10.2 Å². The van der Waals surface area contributed by atoms with Crippen LogP contribution in [-0.4, -0.2) is 52.1 Å². The Hall–Kier alpha value is -3.13. The Morgan fingerprint density at radius 3 is 3.03 bits per heavy atom. The first-order valence-electron chi connectivity index (χ1n) is 10.2. The van der Waals surface area contributed by atoms with Gasteiger partial charge in [-0.25, -0.2) is 14.8 Å². The number of anilines is 2. The molecule has 1 saturated heterocycles. The van der Waals surface area contributed by atoms with Crippen LogP contribution >= 0.6 is 11.3 Å². The third kappa shape index (κ3) is 3.37. The Morgan fingerprint density at radius 2 is 2.17 bits per heavy atom. The maximum atomic E-state index is 13.0. The molecule has 0 saturated carbocycles. The first-order chi connectivity index (χ1) is 14.6. The molecule has 1 fully saturated rings. The molecule has 0 radical (unpaired) electrons. The fourth-order valence-corrected chi connectivity index (χ4v) is 5.12. The molecule has 8 heteroatoms. The van der Waals surface area contributed by atoms with E-state index >= 15 is 0 Å². The van der Waals surface area contributed by atoms with E-state index in [1.54, 1.807) is 0 Å². The first kappa shape index (κ1) is 18.9. The topological polar surface area (TPSA) is 77.2 Å². The Kier molecular flexibility index (Phi) is 4.78. The molecule has 2 N–H and O–H groups in total. The lowest BCUT2D eigenvalue weighted by molar-refractivity contribution is 0.172. The van der Waals surface area contributed by atoms with Gasteiger partial charge in [0.1, 0.15) is 5.65 Å². The van der Waals surface area contributed by atoms with E-state index in [1.807, 2.05) is 47.6 Å². The Bertz CT molecular complexity index is 1170. The van der Waals surface area contributed by atoms with Gasteiger partial charge in [-0.05, 0) is 36.6 Å². The van der Waals surface area contributed by atoms with Crippen molar-refractivity contribution in [3.63, 3.8) is 0 Å². The second-order valence-corrected chi connectivity index (χ2v) is 8.91. The number of H-pyrrole nitrogens is 1.